The van der Waals surface area contributed by atoms with Crippen molar-refractivity contribution in [2.45, 2.75) is 45.1 Å². The number of anilines is 1. The fourth-order valence-corrected chi connectivity index (χ4v) is 3.30. The van der Waals surface area contributed by atoms with Crippen molar-refractivity contribution in [3.05, 3.63) is 29.3 Å². The molecule has 0 spiro atoms. The predicted molar refractivity (Wildman–Crippen MR) is 77.6 cm³/mol. The Labute approximate surface area is 115 Å². The zero-order valence-electron chi connectivity index (χ0n) is 11.6. The van der Waals surface area contributed by atoms with E-state index in [1.165, 1.54) is 17.7 Å². The van der Waals surface area contributed by atoms with Gasteiger partial charge in [0, 0.05) is 30.4 Å². The van der Waals surface area contributed by atoms with Crippen LogP contribution in [0.25, 0.3) is 0 Å². The molecule has 19 heavy (non-hydrogen) atoms. The highest BCUT2D eigenvalue weighted by atomic mass is 16.2. The zero-order chi connectivity index (χ0) is 13.2. The van der Waals surface area contributed by atoms with Gasteiger partial charge in [0.05, 0.1) is 0 Å². The summed E-state index contributed by atoms with van der Waals surface area (Å²) >= 11 is 0. The maximum Gasteiger partial charge on any atom is 0.254 e. The Balaban J connectivity index is 1.82. The first-order valence-corrected chi connectivity index (χ1v) is 7.47. The molecule has 2 heterocycles. The number of benzene rings is 1. The lowest BCUT2D eigenvalue weighted by molar-refractivity contribution is 0.0608. The summed E-state index contributed by atoms with van der Waals surface area (Å²) in [5.41, 5.74) is 3.35. The first kappa shape index (κ1) is 12.5. The molecule has 2 aliphatic rings. The molecule has 102 valence electrons. The molecule has 2 aliphatic heterocycles. The van der Waals surface area contributed by atoms with Crippen molar-refractivity contribution in [2.75, 3.05) is 18.4 Å². The Hall–Kier alpha value is -1.51. The smallest absolute Gasteiger partial charge is 0.254 e. The van der Waals surface area contributed by atoms with Crippen molar-refractivity contribution >= 4 is 11.6 Å². The summed E-state index contributed by atoms with van der Waals surface area (Å²) in [7, 11) is 0. The average molecular weight is 258 g/mol. The third-order valence-electron chi connectivity index (χ3n) is 4.42. The number of amides is 1. The van der Waals surface area contributed by atoms with Gasteiger partial charge in [-0.1, -0.05) is 6.92 Å². The quantitative estimate of drug-likeness (QED) is 0.884. The molecule has 0 saturated carbocycles. The SMILES string of the molecule is CCC1CCCCN1C(=O)c1ccc2c(c1)CCN2. The van der Waals surface area contributed by atoms with E-state index in [-0.39, 0.29) is 5.91 Å². The highest BCUT2D eigenvalue weighted by Crippen LogP contribution is 2.26. The molecule has 1 saturated heterocycles. The van der Waals surface area contributed by atoms with Gasteiger partial charge >= 0.3 is 0 Å². The van der Waals surface area contributed by atoms with Crippen LogP contribution in [0.2, 0.25) is 0 Å². The maximum atomic E-state index is 12.7. The van der Waals surface area contributed by atoms with E-state index in [2.05, 4.69) is 29.3 Å². The molecule has 3 nitrogen and oxygen atoms in total. The van der Waals surface area contributed by atoms with E-state index in [9.17, 15) is 4.79 Å². The van der Waals surface area contributed by atoms with Crippen LogP contribution in [-0.4, -0.2) is 29.9 Å². The van der Waals surface area contributed by atoms with Gasteiger partial charge in [-0.05, 0) is 55.9 Å². The van der Waals surface area contributed by atoms with Gasteiger partial charge in [-0.15, -0.1) is 0 Å². The summed E-state index contributed by atoms with van der Waals surface area (Å²) in [5, 5.41) is 3.34. The van der Waals surface area contributed by atoms with Crippen LogP contribution in [0.15, 0.2) is 18.2 Å². The Morgan fingerprint density at radius 1 is 1.42 bits per heavy atom. The fraction of sp³-hybridized carbons (Fsp3) is 0.562. The monoisotopic (exact) mass is 258 g/mol. The lowest BCUT2D eigenvalue weighted by atomic mass is 9.98. The highest BCUT2D eigenvalue weighted by Gasteiger charge is 2.26. The van der Waals surface area contributed by atoms with Crippen molar-refractivity contribution in [1.82, 2.24) is 4.90 Å². The molecule has 1 amide bonds. The lowest BCUT2D eigenvalue weighted by Crippen LogP contribution is -2.43. The molecule has 1 N–H and O–H groups in total. The van der Waals surface area contributed by atoms with E-state index >= 15 is 0 Å². The van der Waals surface area contributed by atoms with Crippen molar-refractivity contribution in [3.63, 3.8) is 0 Å². The molecule has 0 aromatic heterocycles. The van der Waals surface area contributed by atoms with Gasteiger partial charge in [-0.3, -0.25) is 4.79 Å². The molecular weight excluding hydrogens is 236 g/mol. The van der Waals surface area contributed by atoms with Crippen LogP contribution in [-0.2, 0) is 6.42 Å². The Morgan fingerprint density at radius 2 is 2.32 bits per heavy atom. The minimum absolute atomic E-state index is 0.223. The molecule has 1 aromatic rings. The predicted octanol–water partition coefficient (Wildman–Crippen LogP) is 3.06. The minimum Gasteiger partial charge on any atom is -0.384 e. The fourth-order valence-electron chi connectivity index (χ4n) is 3.30. The van der Waals surface area contributed by atoms with Gasteiger partial charge in [-0.2, -0.15) is 0 Å². The van der Waals surface area contributed by atoms with Crippen LogP contribution in [0.4, 0.5) is 5.69 Å². The topological polar surface area (TPSA) is 32.3 Å². The van der Waals surface area contributed by atoms with E-state index in [0.29, 0.717) is 6.04 Å². The second-order valence-corrected chi connectivity index (χ2v) is 5.61. The van der Waals surface area contributed by atoms with Gasteiger partial charge in [0.15, 0.2) is 0 Å². The number of rotatable bonds is 2. The minimum atomic E-state index is 0.223. The Morgan fingerprint density at radius 3 is 3.16 bits per heavy atom. The van der Waals surface area contributed by atoms with Gasteiger partial charge in [-0.25, -0.2) is 0 Å². The number of nitrogens with one attached hydrogen (secondary N) is 1. The van der Waals surface area contributed by atoms with E-state index in [1.54, 1.807) is 0 Å². The molecule has 1 aromatic carbocycles. The molecule has 3 heteroatoms. The van der Waals surface area contributed by atoms with Crippen LogP contribution in [0.1, 0.15) is 48.5 Å². The Bertz CT molecular complexity index is 484. The number of likely N-dealkylation sites (tertiary alicyclic amines) is 1. The zero-order valence-corrected chi connectivity index (χ0v) is 11.6. The third kappa shape index (κ3) is 2.34. The highest BCUT2D eigenvalue weighted by molar-refractivity contribution is 5.95. The number of piperidine rings is 1. The van der Waals surface area contributed by atoms with Gasteiger partial charge in [0.1, 0.15) is 0 Å². The van der Waals surface area contributed by atoms with E-state index in [0.717, 1.165) is 44.3 Å². The summed E-state index contributed by atoms with van der Waals surface area (Å²) < 4.78 is 0. The largest absolute Gasteiger partial charge is 0.384 e. The first-order chi connectivity index (χ1) is 9.29. The standard InChI is InChI=1S/C16H22N2O/c1-2-14-5-3-4-10-18(14)16(19)13-6-7-15-12(11-13)8-9-17-15/h6-7,11,14,17H,2-5,8-10H2,1H3. The van der Waals surface area contributed by atoms with Crippen LogP contribution >= 0.6 is 0 Å². The second-order valence-electron chi connectivity index (χ2n) is 5.61. The number of fused-ring (bicyclic) bond motifs is 1. The second kappa shape index (κ2) is 5.24. The van der Waals surface area contributed by atoms with Crippen LogP contribution in [0.5, 0.6) is 0 Å². The number of nitrogens with zero attached hydrogens (tertiary/aromatic N) is 1. The summed E-state index contributed by atoms with van der Waals surface area (Å²) in [4.78, 5) is 14.8. The van der Waals surface area contributed by atoms with Crippen LogP contribution < -0.4 is 5.32 Å². The molecule has 1 unspecified atom stereocenters. The van der Waals surface area contributed by atoms with E-state index in [4.69, 9.17) is 0 Å². The molecule has 1 fully saturated rings. The van der Waals surface area contributed by atoms with Crippen LogP contribution in [0.3, 0.4) is 0 Å². The van der Waals surface area contributed by atoms with Crippen molar-refractivity contribution in [2.24, 2.45) is 0 Å². The van der Waals surface area contributed by atoms with Crippen LogP contribution in [0, 0.1) is 0 Å². The first-order valence-electron chi connectivity index (χ1n) is 7.47. The van der Waals surface area contributed by atoms with Gasteiger partial charge < -0.3 is 10.2 Å². The van der Waals surface area contributed by atoms with Crippen molar-refractivity contribution < 1.29 is 4.79 Å². The van der Waals surface area contributed by atoms with E-state index < -0.39 is 0 Å². The summed E-state index contributed by atoms with van der Waals surface area (Å²) in [6.07, 6.45) is 5.67. The molecule has 0 bridgehead atoms. The third-order valence-corrected chi connectivity index (χ3v) is 4.42. The molecule has 0 radical (unpaired) electrons. The summed E-state index contributed by atoms with van der Waals surface area (Å²) in [5.74, 6) is 0.223. The lowest BCUT2D eigenvalue weighted by Gasteiger charge is -2.35. The van der Waals surface area contributed by atoms with Gasteiger partial charge in [0.25, 0.3) is 5.91 Å². The summed E-state index contributed by atoms with van der Waals surface area (Å²) in [6, 6.07) is 6.55. The molecular formula is C16H22N2O. The Kier molecular flexibility index (Phi) is 3.45. The summed E-state index contributed by atoms with van der Waals surface area (Å²) in [6.45, 7) is 4.10. The number of hydrogen-bond acceptors (Lipinski definition) is 2. The molecule has 3 rings (SSSR count). The van der Waals surface area contributed by atoms with Gasteiger partial charge in [0.2, 0.25) is 0 Å². The number of hydrogen-bond donors (Lipinski definition) is 1. The van der Waals surface area contributed by atoms with Crippen molar-refractivity contribution in [1.29, 1.82) is 0 Å². The van der Waals surface area contributed by atoms with E-state index in [1.807, 2.05) is 6.07 Å². The molecule has 0 aliphatic carbocycles. The number of carbonyl (C=O) groups is 1. The number of carbonyl (C=O) groups excluding carboxylic acids is 1. The average Bonchev–Trinajstić information content (AvgIpc) is 2.93. The molecule has 1 atom stereocenters. The van der Waals surface area contributed by atoms with Crippen molar-refractivity contribution in [3.8, 4) is 0 Å². The normalized spacial score (nSPS) is 21.9. The maximum absolute atomic E-state index is 12.7.